The van der Waals surface area contributed by atoms with Crippen molar-refractivity contribution in [1.82, 2.24) is 0 Å². The molecule has 3 unspecified atom stereocenters. The van der Waals surface area contributed by atoms with Crippen molar-refractivity contribution in [3.05, 3.63) is 48.6 Å². The SMILES string of the molecule is CCCCC/C=C\C/C=C\CCCCCCCCCCOCC(COP(=O)(O)OCC(N)C(=O)O)OC(=O)CCCCCCC/C=C\C/C=C\CCCCC. The molecule has 0 bridgehead atoms. The maximum Gasteiger partial charge on any atom is 0.472 e. The van der Waals surface area contributed by atoms with Crippen molar-refractivity contribution >= 4 is 19.8 Å². The molecule has 55 heavy (non-hydrogen) atoms. The Balaban J connectivity index is 4.27. The van der Waals surface area contributed by atoms with E-state index in [4.69, 9.17) is 29.4 Å². The number of carbonyl (C=O) groups is 2. The topological polar surface area (TPSA) is 155 Å². The Morgan fingerprint density at radius 2 is 1.00 bits per heavy atom. The number of allylic oxidation sites excluding steroid dienone is 8. The summed E-state index contributed by atoms with van der Waals surface area (Å²) in [5, 5.41) is 8.89. The summed E-state index contributed by atoms with van der Waals surface area (Å²) < 4.78 is 33.3. The highest BCUT2D eigenvalue weighted by Crippen LogP contribution is 2.43. The maximum absolute atomic E-state index is 12.6. The Morgan fingerprint density at radius 1 is 0.582 bits per heavy atom. The third-order valence-corrected chi connectivity index (χ3v) is 10.0. The summed E-state index contributed by atoms with van der Waals surface area (Å²) in [4.78, 5) is 33.5. The van der Waals surface area contributed by atoms with Gasteiger partial charge in [0.1, 0.15) is 12.1 Å². The van der Waals surface area contributed by atoms with E-state index in [0.29, 0.717) is 13.0 Å². The second kappa shape index (κ2) is 40.1. The molecule has 0 spiro atoms. The first-order valence-corrected chi connectivity index (χ1v) is 23.2. The van der Waals surface area contributed by atoms with E-state index in [0.717, 1.165) is 70.6 Å². The van der Waals surface area contributed by atoms with E-state index in [1.54, 1.807) is 0 Å². The zero-order valence-corrected chi connectivity index (χ0v) is 35.7. The van der Waals surface area contributed by atoms with Crippen LogP contribution in [0, 0.1) is 0 Å². The number of carboxylic acids is 1. The van der Waals surface area contributed by atoms with Crippen molar-refractivity contribution in [2.45, 2.75) is 193 Å². The number of carbonyl (C=O) groups excluding carboxylic acids is 1. The smallest absolute Gasteiger partial charge is 0.472 e. The molecule has 0 aliphatic carbocycles. The van der Waals surface area contributed by atoms with Crippen molar-refractivity contribution in [1.29, 1.82) is 0 Å². The molecule has 0 aromatic rings. The van der Waals surface area contributed by atoms with Crippen molar-refractivity contribution < 1.29 is 42.7 Å². The van der Waals surface area contributed by atoms with E-state index in [9.17, 15) is 19.0 Å². The number of unbranched alkanes of at least 4 members (excludes halogenated alkanes) is 19. The van der Waals surface area contributed by atoms with Gasteiger partial charge in [-0.25, -0.2) is 4.57 Å². The third-order valence-electron chi connectivity index (χ3n) is 9.08. The largest absolute Gasteiger partial charge is 0.480 e. The van der Waals surface area contributed by atoms with Gasteiger partial charge in [0.25, 0.3) is 0 Å². The molecule has 0 heterocycles. The minimum Gasteiger partial charge on any atom is -0.480 e. The van der Waals surface area contributed by atoms with Gasteiger partial charge in [0.15, 0.2) is 0 Å². The van der Waals surface area contributed by atoms with E-state index in [1.165, 1.54) is 83.5 Å². The number of nitrogens with two attached hydrogens (primary N) is 1. The van der Waals surface area contributed by atoms with E-state index < -0.39 is 45.1 Å². The highest BCUT2D eigenvalue weighted by Gasteiger charge is 2.27. The molecule has 3 atom stereocenters. The van der Waals surface area contributed by atoms with Crippen LogP contribution in [0.1, 0.15) is 181 Å². The lowest BCUT2D eigenvalue weighted by atomic mass is 10.1. The van der Waals surface area contributed by atoms with Crippen LogP contribution in [0.15, 0.2) is 48.6 Å². The zero-order valence-electron chi connectivity index (χ0n) is 34.8. The Labute approximate surface area is 335 Å². The number of aliphatic carboxylic acids is 1. The van der Waals surface area contributed by atoms with Gasteiger partial charge in [-0.3, -0.25) is 18.6 Å². The lowest BCUT2D eigenvalue weighted by Gasteiger charge is -2.20. The molecule has 0 aromatic carbocycles. The van der Waals surface area contributed by atoms with Crippen LogP contribution in [0.4, 0.5) is 0 Å². The summed E-state index contributed by atoms with van der Waals surface area (Å²) in [6.07, 6.45) is 45.8. The number of rotatable bonds is 41. The molecule has 0 amide bonds. The molecule has 0 aliphatic heterocycles. The van der Waals surface area contributed by atoms with Crippen LogP contribution < -0.4 is 5.73 Å². The highest BCUT2D eigenvalue weighted by molar-refractivity contribution is 7.47. The van der Waals surface area contributed by atoms with Crippen molar-refractivity contribution in [2.24, 2.45) is 5.73 Å². The second-order valence-corrected chi connectivity index (χ2v) is 15.9. The fourth-order valence-corrected chi connectivity index (χ4v) is 6.44. The average molecular weight is 798 g/mol. The number of phosphoric acid groups is 1. The molecule has 11 heteroatoms. The number of esters is 1. The molecular weight excluding hydrogens is 717 g/mol. The van der Waals surface area contributed by atoms with Gasteiger partial charge in [-0.05, 0) is 77.0 Å². The first-order valence-electron chi connectivity index (χ1n) is 21.7. The molecule has 10 nitrogen and oxygen atoms in total. The number of ether oxygens (including phenoxy) is 2. The van der Waals surface area contributed by atoms with Crippen LogP contribution in [-0.2, 0) is 32.7 Å². The van der Waals surface area contributed by atoms with Crippen LogP contribution in [0.5, 0.6) is 0 Å². The van der Waals surface area contributed by atoms with Crippen molar-refractivity contribution in [2.75, 3.05) is 26.4 Å². The first-order chi connectivity index (χ1) is 26.7. The Hall–Kier alpha value is -2.07. The van der Waals surface area contributed by atoms with Crippen LogP contribution in [0.2, 0.25) is 0 Å². The number of hydrogen-bond acceptors (Lipinski definition) is 8. The lowest BCUT2D eigenvalue weighted by molar-refractivity contribution is -0.154. The summed E-state index contributed by atoms with van der Waals surface area (Å²) in [5.74, 6) is -1.80. The molecular formula is C44H80NO9P. The van der Waals surface area contributed by atoms with Gasteiger partial charge in [-0.2, -0.15) is 0 Å². The van der Waals surface area contributed by atoms with Gasteiger partial charge in [0.2, 0.25) is 0 Å². The standard InChI is InChI=1S/C44H80NO9P/c1-3-5-7-9-11-13-15-17-19-20-21-23-25-27-29-31-33-35-37-51-38-41(39-52-55(49,50)53-40-42(45)44(47)48)54-43(46)36-34-32-30-28-26-24-22-18-16-14-12-10-8-6-4-2/h11-14,17-19,22,41-42H,3-10,15-16,20-21,23-40,45H2,1-2H3,(H,47,48)(H,49,50)/b13-11-,14-12-,19-17-,22-18-. The molecule has 4 N–H and O–H groups in total. The summed E-state index contributed by atoms with van der Waals surface area (Å²) in [6, 6.07) is -1.48. The molecule has 0 rings (SSSR count). The van der Waals surface area contributed by atoms with Crippen LogP contribution in [-0.4, -0.2) is 60.5 Å². The van der Waals surface area contributed by atoms with Crippen molar-refractivity contribution in [3.63, 3.8) is 0 Å². The summed E-state index contributed by atoms with van der Waals surface area (Å²) in [6.45, 7) is 3.80. The van der Waals surface area contributed by atoms with Gasteiger partial charge in [0, 0.05) is 13.0 Å². The fraction of sp³-hybridized carbons (Fsp3) is 0.773. The van der Waals surface area contributed by atoms with Crippen LogP contribution >= 0.6 is 7.82 Å². The molecule has 0 saturated heterocycles. The lowest BCUT2D eigenvalue weighted by Crippen LogP contribution is -2.34. The maximum atomic E-state index is 12.6. The van der Waals surface area contributed by atoms with Gasteiger partial charge in [-0.15, -0.1) is 0 Å². The van der Waals surface area contributed by atoms with Gasteiger partial charge >= 0.3 is 19.8 Å². The van der Waals surface area contributed by atoms with Crippen molar-refractivity contribution in [3.8, 4) is 0 Å². The quantitative estimate of drug-likeness (QED) is 0.0236. The van der Waals surface area contributed by atoms with E-state index in [-0.39, 0.29) is 13.0 Å². The zero-order chi connectivity index (χ0) is 40.5. The van der Waals surface area contributed by atoms with Gasteiger partial charge < -0.3 is 25.2 Å². The molecule has 0 aliphatic rings. The molecule has 320 valence electrons. The van der Waals surface area contributed by atoms with Gasteiger partial charge in [-0.1, -0.05) is 146 Å². The molecule has 0 saturated carbocycles. The predicted molar refractivity (Wildman–Crippen MR) is 226 cm³/mol. The molecule has 0 fully saturated rings. The summed E-state index contributed by atoms with van der Waals surface area (Å²) >= 11 is 0. The fourth-order valence-electron chi connectivity index (χ4n) is 5.66. The Morgan fingerprint density at radius 3 is 1.47 bits per heavy atom. The Kier molecular flexibility index (Phi) is 38.6. The second-order valence-electron chi connectivity index (χ2n) is 14.5. The molecule has 0 radical (unpaired) electrons. The number of phosphoric ester groups is 1. The number of carboxylic acid groups (broad SMARTS) is 1. The van der Waals surface area contributed by atoms with Crippen LogP contribution in [0.25, 0.3) is 0 Å². The first kappa shape index (κ1) is 52.9. The predicted octanol–water partition coefficient (Wildman–Crippen LogP) is 11.9. The summed E-state index contributed by atoms with van der Waals surface area (Å²) in [5.41, 5.74) is 5.35. The minimum atomic E-state index is -4.62. The monoisotopic (exact) mass is 798 g/mol. The van der Waals surface area contributed by atoms with E-state index in [1.807, 2.05) is 0 Å². The van der Waals surface area contributed by atoms with E-state index >= 15 is 0 Å². The average Bonchev–Trinajstić information content (AvgIpc) is 3.16. The normalized spacial score (nSPS) is 14.4. The molecule has 0 aromatic heterocycles. The number of hydrogen-bond donors (Lipinski definition) is 3. The van der Waals surface area contributed by atoms with Gasteiger partial charge in [0.05, 0.1) is 19.8 Å². The van der Waals surface area contributed by atoms with E-state index in [2.05, 4.69) is 62.5 Å². The van der Waals surface area contributed by atoms with Crippen LogP contribution in [0.3, 0.4) is 0 Å². The minimum absolute atomic E-state index is 0.00619. The third kappa shape index (κ3) is 39.9. The Bertz CT molecular complexity index is 1060. The highest BCUT2D eigenvalue weighted by atomic mass is 31.2. The summed E-state index contributed by atoms with van der Waals surface area (Å²) in [7, 11) is -4.62.